The van der Waals surface area contributed by atoms with E-state index in [0.717, 1.165) is 18.2 Å². The lowest BCUT2D eigenvalue weighted by molar-refractivity contribution is -0.145. The van der Waals surface area contributed by atoms with Crippen LogP contribution in [0.1, 0.15) is 24.5 Å². The summed E-state index contributed by atoms with van der Waals surface area (Å²) in [5.41, 5.74) is -1.59. The van der Waals surface area contributed by atoms with Gasteiger partial charge in [-0.3, -0.25) is 4.79 Å². The summed E-state index contributed by atoms with van der Waals surface area (Å²) < 4.78 is 71.8. The molecule has 0 spiro atoms. The molecule has 0 unspecified atom stereocenters. The minimum Gasteiger partial charge on any atom is -0.466 e. The maximum absolute atomic E-state index is 13.0. The number of rotatable bonds is 6. The summed E-state index contributed by atoms with van der Waals surface area (Å²) in [6.45, 7) is -1.69. The molecule has 0 aliphatic heterocycles. The molecule has 118 valence electrons. The summed E-state index contributed by atoms with van der Waals surface area (Å²) in [5, 5.41) is 0. The molecule has 0 N–H and O–H groups in total. The first-order valence-corrected chi connectivity index (χ1v) is 6.05. The molecule has 0 saturated heterocycles. The van der Waals surface area contributed by atoms with Gasteiger partial charge in [-0.1, -0.05) is 12.1 Å². The fourth-order valence-electron chi connectivity index (χ4n) is 1.77. The van der Waals surface area contributed by atoms with E-state index in [0.29, 0.717) is 0 Å². The highest BCUT2D eigenvalue weighted by Crippen LogP contribution is 2.39. The Morgan fingerprint density at radius 1 is 1.29 bits per heavy atom. The van der Waals surface area contributed by atoms with Gasteiger partial charge in [0.15, 0.2) is 0 Å². The number of ether oxygens (including phenoxy) is 2. The highest BCUT2D eigenvalue weighted by atomic mass is 19.4. The lowest BCUT2D eigenvalue weighted by Crippen LogP contribution is -2.15. The van der Waals surface area contributed by atoms with Crippen molar-refractivity contribution < 1.29 is 36.2 Å². The second-order valence-electron chi connectivity index (χ2n) is 3.97. The van der Waals surface area contributed by atoms with Crippen LogP contribution < -0.4 is 4.74 Å². The highest BCUT2D eigenvalue weighted by Gasteiger charge is 2.37. The van der Waals surface area contributed by atoms with Crippen LogP contribution in [0, 0.1) is 0 Å². The van der Waals surface area contributed by atoms with Gasteiger partial charge in [0.2, 0.25) is 0 Å². The lowest BCUT2D eigenvalue weighted by Gasteiger charge is -2.17. The minimum absolute atomic E-state index is 0.111. The second kappa shape index (κ2) is 7.24. The summed E-state index contributed by atoms with van der Waals surface area (Å²) >= 11 is 0. The Labute approximate surface area is 117 Å². The molecule has 0 aliphatic rings. The van der Waals surface area contributed by atoms with Gasteiger partial charge in [0.25, 0.3) is 0 Å². The Bertz CT molecular complexity index is 485. The van der Waals surface area contributed by atoms with Crippen molar-refractivity contribution in [2.45, 2.75) is 32.6 Å². The van der Waals surface area contributed by atoms with Crippen LogP contribution in [0.2, 0.25) is 0 Å². The first kappa shape index (κ1) is 17.2. The number of carbonyl (C=O) groups is 1. The highest BCUT2D eigenvalue weighted by molar-refractivity contribution is 5.69. The van der Waals surface area contributed by atoms with Crippen molar-refractivity contribution in [3.63, 3.8) is 0 Å². The fraction of sp³-hybridized carbons (Fsp3) is 0.462. The van der Waals surface area contributed by atoms with Gasteiger partial charge in [-0.2, -0.15) is 22.0 Å². The molecule has 1 rings (SSSR count). The number of alkyl halides is 5. The largest absolute Gasteiger partial charge is 0.466 e. The standard InChI is InChI=1S/C13H13F5O3/c1-2-20-10(19)7-6-8-4-3-5-9(21-12(14)15)11(8)13(16,17)18/h3-5,12H,2,6-7H2,1H3. The van der Waals surface area contributed by atoms with E-state index >= 15 is 0 Å². The van der Waals surface area contributed by atoms with Gasteiger partial charge in [0, 0.05) is 6.42 Å². The van der Waals surface area contributed by atoms with Crippen molar-refractivity contribution in [1.29, 1.82) is 0 Å². The molecule has 0 atom stereocenters. The van der Waals surface area contributed by atoms with Crippen molar-refractivity contribution in [2.75, 3.05) is 6.61 Å². The third-order valence-corrected chi connectivity index (χ3v) is 2.52. The summed E-state index contributed by atoms with van der Waals surface area (Å²) in [5.74, 6) is -1.62. The molecule has 0 aromatic heterocycles. The van der Waals surface area contributed by atoms with Crippen LogP contribution in [-0.2, 0) is 22.1 Å². The van der Waals surface area contributed by atoms with E-state index in [-0.39, 0.29) is 25.0 Å². The van der Waals surface area contributed by atoms with E-state index in [1.807, 2.05) is 0 Å². The van der Waals surface area contributed by atoms with Crippen molar-refractivity contribution in [3.8, 4) is 5.75 Å². The minimum atomic E-state index is -4.87. The zero-order valence-electron chi connectivity index (χ0n) is 11.0. The van der Waals surface area contributed by atoms with E-state index < -0.39 is 30.1 Å². The monoisotopic (exact) mass is 312 g/mol. The van der Waals surface area contributed by atoms with Gasteiger partial charge in [-0.25, -0.2) is 0 Å². The van der Waals surface area contributed by atoms with Gasteiger partial charge < -0.3 is 9.47 Å². The van der Waals surface area contributed by atoms with Gasteiger partial charge in [-0.05, 0) is 25.0 Å². The third kappa shape index (κ3) is 5.20. The first-order valence-electron chi connectivity index (χ1n) is 6.05. The number of aryl methyl sites for hydroxylation is 1. The van der Waals surface area contributed by atoms with Crippen LogP contribution in [0.3, 0.4) is 0 Å². The number of esters is 1. The summed E-state index contributed by atoms with van der Waals surface area (Å²) in [7, 11) is 0. The Kier molecular flexibility index (Phi) is 5.92. The molecule has 0 amide bonds. The van der Waals surface area contributed by atoms with E-state index in [2.05, 4.69) is 9.47 Å². The number of carbonyl (C=O) groups excluding carboxylic acids is 1. The van der Waals surface area contributed by atoms with Crippen LogP contribution >= 0.6 is 0 Å². The Morgan fingerprint density at radius 2 is 1.95 bits per heavy atom. The molecule has 0 aliphatic carbocycles. The first-order chi connectivity index (χ1) is 9.75. The predicted molar refractivity (Wildman–Crippen MR) is 63.0 cm³/mol. The van der Waals surface area contributed by atoms with Gasteiger partial charge in [-0.15, -0.1) is 0 Å². The molecule has 0 heterocycles. The molecule has 0 bridgehead atoms. The Balaban J connectivity index is 3.05. The van der Waals surface area contributed by atoms with Crippen molar-refractivity contribution in [1.82, 2.24) is 0 Å². The Hall–Kier alpha value is -1.86. The second-order valence-corrected chi connectivity index (χ2v) is 3.97. The molecule has 1 aromatic rings. The maximum Gasteiger partial charge on any atom is 0.420 e. The molecular weight excluding hydrogens is 299 g/mol. The van der Waals surface area contributed by atoms with Crippen molar-refractivity contribution in [3.05, 3.63) is 29.3 Å². The molecule has 21 heavy (non-hydrogen) atoms. The zero-order chi connectivity index (χ0) is 16.0. The summed E-state index contributed by atoms with van der Waals surface area (Å²) in [6, 6.07) is 3.08. The number of halogens is 5. The Morgan fingerprint density at radius 3 is 2.48 bits per heavy atom. The van der Waals surface area contributed by atoms with E-state index in [9.17, 15) is 26.7 Å². The molecule has 0 radical (unpaired) electrons. The van der Waals surface area contributed by atoms with Crippen LogP contribution in [0.4, 0.5) is 22.0 Å². The topological polar surface area (TPSA) is 35.5 Å². The van der Waals surface area contributed by atoms with Crippen LogP contribution in [-0.4, -0.2) is 19.2 Å². The zero-order valence-corrected chi connectivity index (χ0v) is 11.0. The van der Waals surface area contributed by atoms with Crippen molar-refractivity contribution in [2.24, 2.45) is 0 Å². The van der Waals surface area contributed by atoms with Crippen LogP contribution in [0.5, 0.6) is 5.75 Å². The SMILES string of the molecule is CCOC(=O)CCc1cccc(OC(F)F)c1C(F)(F)F. The third-order valence-electron chi connectivity index (χ3n) is 2.52. The van der Waals surface area contributed by atoms with E-state index in [1.54, 1.807) is 6.92 Å². The average molecular weight is 312 g/mol. The van der Waals surface area contributed by atoms with Gasteiger partial charge in [0.1, 0.15) is 11.3 Å². The smallest absolute Gasteiger partial charge is 0.420 e. The quantitative estimate of drug-likeness (QED) is 0.592. The molecule has 3 nitrogen and oxygen atoms in total. The average Bonchev–Trinajstić information content (AvgIpc) is 2.34. The summed E-state index contributed by atoms with van der Waals surface area (Å²) in [4.78, 5) is 11.2. The van der Waals surface area contributed by atoms with Gasteiger partial charge in [0.05, 0.1) is 6.61 Å². The number of hydrogen-bond acceptors (Lipinski definition) is 3. The van der Waals surface area contributed by atoms with Gasteiger partial charge >= 0.3 is 18.8 Å². The molecule has 8 heteroatoms. The molecule has 1 aromatic carbocycles. The molecular formula is C13H13F5O3. The number of benzene rings is 1. The predicted octanol–water partition coefficient (Wildman–Crippen LogP) is 3.80. The molecule has 0 saturated carbocycles. The van der Waals surface area contributed by atoms with Crippen LogP contribution in [0.15, 0.2) is 18.2 Å². The maximum atomic E-state index is 13.0. The normalized spacial score (nSPS) is 11.6. The van der Waals surface area contributed by atoms with E-state index in [1.165, 1.54) is 0 Å². The fourth-order valence-corrected chi connectivity index (χ4v) is 1.77. The molecule has 0 fully saturated rings. The number of hydrogen-bond donors (Lipinski definition) is 0. The lowest BCUT2D eigenvalue weighted by atomic mass is 10.0. The van der Waals surface area contributed by atoms with Crippen molar-refractivity contribution >= 4 is 5.97 Å². The van der Waals surface area contributed by atoms with Crippen LogP contribution in [0.25, 0.3) is 0 Å². The summed E-state index contributed by atoms with van der Waals surface area (Å²) in [6.07, 6.45) is -5.43. The van der Waals surface area contributed by atoms with E-state index in [4.69, 9.17) is 0 Å².